The van der Waals surface area contributed by atoms with Crippen LogP contribution in [0.15, 0.2) is 48.5 Å². The van der Waals surface area contributed by atoms with Gasteiger partial charge in [-0.3, -0.25) is 9.10 Å². The van der Waals surface area contributed by atoms with Gasteiger partial charge in [-0.15, -0.1) is 0 Å². The number of rotatable bonds is 6. The molecule has 0 aliphatic heterocycles. The third kappa shape index (κ3) is 4.73. The van der Waals surface area contributed by atoms with Crippen LogP contribution in [0.1, 0.15) is 15.9 Å². The summed E-state index contributed by atoms with van der Waals surface area (Å²) < 4.78 is 29.6. The average molecular weight is 362 g/mol. The Morgan fingerprint density at radius 3 is 2.28 bits per heavy atom. The molecule has 0 atom stereocenters. The van der Waals surface area contributed by atoms with E-state index in [1.165, 1.54) is 7.05 Å². The molecule has 134 valence electrons. The summed E-state index contributed by atoms with van der Waals surface area (Å²) in [6.07, 6.45) is 1.12. The molecule has 0 aromatic heterocycles. The van der Waals surface area contributed by atoms with E-state index in [4.69, 9.17) is 4.74 Å². The van der Waals surface area contributed by atoms with Crippen LogP contribution in [0.4, 0.5) is 5.69 Å². The van der Waals surface area contributed by atoms with Gasteiger partial charge in [0.25, 0.3) is 5.91 Å². The number of sulfonamides is 1. The minimum absolute atomic E-state index is 0.181. The summed E-state index contributed by atoms with van der Waals surface area (Å²) in [5.41, 5.74) is 1.86. The van der Waals surface area contributed by atoms with Crippen molar-refractivity contribution in [2.45, 2.75) is 6.54 Å². The summed E-state index contributed by atoms with van der Waals surface area (Å²) >= 11 is 0. The first-order chi connectivity index (χ1) is 11.7. The Hall–Kier alpha value is -2.54. The van der Waals surface area contributed by atoms with Crippen LogP contribution in [0.3, 0.4) is 0 Å². The first-order valence-corrected chi connectivity index (χ1v) is 9.49. The van der Waals surface area contributed by atoms with Gasteiger partial charge in [0.1, 0.15) is 5.75 Å². The Kier molecular flexibility index (Phi) is 5.69. The van der Waals surface area contributed by atoms with E-state index in [2.05, 4.69) is 0 Å². The van der Waals surface area contributed by atoms with E-state index >= 15 is 0 Å². The van der Waals surface area contributed by atoms with Crippen molar-refractivity contribution in [1.29, 1.82) is 0 Å². The van der Waals surface area contributed by atoms with E-state index in [0.29, 0.717) is 17.8 Å². The zero-order valence-corrected chi connectivity index (χ0v) is 15.6. The van der Waals surface area contributed by atoms with Crippen molar-refractivity contribution in [2.24, 2.45) is 0 Å². The summed E-state index contributed by atoms with van der Waals surface area (Å²) in [5, 5.41) is 0. The number of anilines is 1. The first-order valence-electron chi connectivity index (χ1n) is 7.64. The fourth-order valence-electron chi connectivity index (χ4n) is 2.32. The highest BCUT2D eigenvalue weighted by atomic mass is 32.2. The quantitative estimate of drug-likeness (QED) is 0.791. The molecule has 25 heavy (non-hydrogen) atoms. The van der Waals surface area contributed by atoms with Crippen LogP contribution in [-0.4, -0.2) is 46.7 Å². The van der Waals surface area contributed by atoms with Crippen molar-refractivity contribution in [3.63, 3.8) is 0 Å². The number of carbonyl (C=O) groups is 1. The number of ether oxygens (including phenoxy) is 1. The normalized spacial score (nSPS) is 11.0. The molecule has 0 heterocycles. The maximum atomic E-state index is 12.6. The molecule has 7 heteroatoms. The SMILES string of the molecule is COc1ccc(CN(C)C(=O)c2cccc(N(C)S(C)(=O)=O)c2)cc1. The lowest BCUT2D eigenvalue weighted by Gasteiger charge is -2.20. The fourth-order valence-corrected chi connectivity index (χ4v) is 2.82. The van der Waals surface area contributed by atoms with Crippen LogP contribution < -0.4 is 9.04 Å². The summed E-state index contributed by atoms with van der Waals surface area (Å²) in [6, 6.07) is 14.1. The van der Waals surface area contributed by atoms with E-state index in [9.17, 15) is 13.2 Å². The molecule has 0 radical (unpaired) electrons. The van der Waals surface area contributed by atoms with E-state index < -0.39 is 10.0 Å². The second-order valence-electron chi connectivity index (χ2n) is 5.79. The van der Waals surface area contributed by atoms with Crippen LogP contribution in [-0.2, 0) is 16.6 Å². The van der Waals surface area contributed by atoms with E-state index in [1.54, 1.807) is 43.3 Å². The highest BCUT2D eigenvalue weighted by Crippen LogP contribution is 2.19. The molecule has 6 nitrogen and oxygen atoms in total. The number of hydrogen-bond donors (Lipinski definition) is 0. The summed E-state index contributed by atoms with van der Waals surface area (Å²) in [5.74, 6) is 0.578. The molecular weight excluding hydrogens is 340 g/mol. The minimum Gasteiger partial charge on any atom is -0.497 e. The molecule has 1 amide bonds. The standard InChI is InChI=1S/C18H22N2O4S/c1-19(13-14-8-10-17(24-3)11-9-14)18(21)15-6-5-7-16(12-15)20(2)25(4,22)23/h5-12H,13H2,1-4H3. The number of hydrogen-bond acceptors (Lipinski definition) is 4. The van der Waals surface area contributed by atoms with Gasteiger partial charge in [-0.25, -0.2) is 8.42 Å². The topological polar surface area (TPSA) is 66.9 Å². The van der Waals surface area contributed by atoms with Crippen LogP contribution in [0.2, 0.25) is 0 Å². The molecule has 0 saturated heterocycles. The third-order valence-corrected chi connectivity index (χ3v) is 5.09. The van der Waals surface area contributed by atoms with E-state index in [0.717, 1.165) is 21.9 Å². The Bertz CT molecular complexity index is 848. The Morgan fingerprint density at radius 2 is 1.72 bits per heavy atom. The second-order valence-corrected chi connectivity index (χ2v) is 7.80. The van der Waals surface area contributed by atoms with Gasteiger partial charge in [0.2, 0.25) is 10.0 Å². The third-order valence-electron chi connectivity index (χ3n) is 3.88. The summed E-state index contributed by atoms with van der Waals surface area (Å²) in [4.78, 5) is 14.2. The summed E-state index contributed by atoms with van der Waals surface area (Å²) in [6.45, 7) is 0.439. The highest BCUT2D eigenvalue weighted by molar-refractivity contribution is 7.92. The van der Waals surface area contributed by atoms with Gasteiger partial charge < -0.3 is 9.64 Å². The van der Waals surface area contributed by atoms with Crippen LogP contribution in [0, 0.1) is 0 Å². The van der Waals surface area contributed by atoms with Crippen molar-refractivity contribution in [3.05, 3.63) is 59.7 Å². The largest absolute Gasteiger partial charge is 0.497 e. The number of benzene rings is 2. The van der Waals surface area contributed by atoms with Gasteiger partial charge in [0.05, 0.1) is 19.1 Å². The fraction of sp³-hybridized carbons (Fsp3) is 0.278. The molecule has 0 aliphatic rings. The molecule has 2 aromatic rings. The van der Waals surface area contributed by atoms with Crippen LogP contribution in [0.25, 0.3) is 0 Å². The molecule has 2 aromatic carbocycles. The van der Waals surface area contributed by atoms with Crippen molar-refractivity contribution >= 4 is 21.6 Å². The molecule has 0 bridgehead atoms. The average Bonchev–Trinajstić information content (AvgIpc) is 2.60. The Morgan fingerprint density at radius 1 is 1.08 bits per heavy atom. The van der Waals surface area contributed by atoms with Gasteiger partial charge in [0, 0.05) is 26.2 Å². The van der Waals surface area contributed by atoms with Crippen molar-refractivity contribution in [3.8, 4) is 5.75 Å². The molecule has 0 unspecified atom stereocenters. The molecule has 2 rings (SSSR count). The zero-order valence-electron chi connectivity index (χ0n) is 14.8. The molecule has 0 fully saturated rings. The zero-order chi connectivity index (χ0) is 18.6. The predicted molar refractivity (Wildman–Crippen MR) is 98.5 cm³/mol. The predicted octanol–water partition coefficient (Wildman–Crippen LogP) is 2.36. The lowest BCUT2D eigenvalue weighted by molar-refractivity contribution is 0.0785. The first kappa shape index (κ1) is 18.8. The van der Waals surface area contributed by atoms with E-state index in [-0.39, 0.29) is 5.91 Å². The lowest BCUT2D eigenvalue weighted by Crippen LogP contribution is -2.27. The smallest absolute Gasteiger partial charge is 0.253 e. The maximum Gasteiger partial charge on any atom is 0.253 e. The van der Waals surface area contributed by atoms with E-state index in [1.807, 2.05) is 24.3 Å². The van der Waals surface area contributed by atoms with Gasteiger partial charge in [-0.1, -0.05) is 18.2 Å². The summed E-state index contributed by atoms with van der Waals surface area (Å²) in [7, 11) is 1.39. The van der Waals surface area contributed by atoms with Crippen molar-refractivity contribution in [1.82, 2.24) is 4.90 Å². The second kappa shape index (κ2) is 7.57. The van der Waals surface area contributed by atoms with Crippen LogP contribution in [0.5, 0.6) is 5.75 Å². The molecule has 0 N–H and O–H groups in total. The molecule has 0 spiro atoms. The number of methoxy groups -OCH3 is 1. The molecular formula is C18H22N2O4S. The highest BCUT2D eigenvalue weighted by Gasteiger charge is 2.16. The van der Waals surface area contributed by atoms with Crippen molar-refractivity contribution < 1.29 is 17.9 Å². The minimum atomic E-state index is -3.38. The molecule has 0 aliphatic carbocycles. The van der Waals surface area contributed by atoms with Gasteiger partial charge >= 0.3 is 0 Å². The number of carbonyl (C=O) groups excluding carboxylic acids is 1. The maximum absolute atomic E-state index is 12.6. The Balaban J connectivity index is 2.16. The number of amides is 1. The monoisotopic (exact) mass is 362 g/mol. The molecule has 0 saturated carbocycles. The van der Waals surface area contributed by atoms with Gasteiger partial charge in [-0.05, 0) is 35.9 Å². The van der Waals surface area contributed by atoms with Crippen molar-refractivity contribution in [2.75, 3.05) is 31.8 Å². The Labute approximate surface area is 148 Å². The van der Waals surface area contributed by atoms with Gasteiger partial charge in [-0.2, -0.15) is 0 Å². The van der Waals surface area contributed by atoms with Crippen LogP contribution >= 0.6 is 0 Å². The number of nitrogens with zero attached hydrogens (tertiary/aromatic N) is 2. The lowest BCUT2D eigenvalue weighted by atomic mass is 10.1. The van der Waals surface area contributed by atoms with Gasteiger partial charge in [0.15, 0.2) is 0 Å².